The average molecular weight is 396 g/mol. The van der Waals surface area contributed by atoms with Crippen LogP contribution in [-0.2, 0) is 10.2 Å². The maximum atomic E-state index is 11.8. The van der Waals surface area contributed by atoms with E-state index in [4.69, 9.17) is 9.72 Å². The molecule has 126 valence electrons. The number of hydrogen-bond donors (Lipinski definition) is 0. The Kier molecular flexibility index (Phi) is 3.69. The van der Waals surface area contributed by atoms with Crippen molar-refractivity contribution in [3.8, 4) is 17.0 Å². The number of rotatable bonds is 1. The molecule has 25 heavy (non-hydrogen) atoms. The highest BCUT2D eigenvalue weighted by atomic mass is 79.9. The lowest BCUT2D eigenvalue weighted by molar-refractivity contribution is -0.131. The van der Waals surface area contributed by atoms with Crippen LogP contribution < -0.4 is 4.74 Å². The molecule has 0 saturated heterocycles. The molecule has 3 aromatic rings. The minimum absolute atomic E-state index is 0.0173. The Morgan fingerprint density at radius 3 is 2.56 bits per heavy atom. The first kappa shape index (κ1) is 16.3. The van der Waals surface area contributed by atoms with Crippen LogP contribution in [0, 0.1) is 0 Å². The molecule has 2 aromatic carbocycles. The smallest absolute Gasteiger partial charge is 0.308 e. The SMILES string of the molecule is CC(=O)Oc1c2c(nc3ccccc13)-c1ccccc1C(C)(C)C2Br. The number of esters is 1. The van der Waals surface area contributed by atoms with Gasteiger partial charge in [-0.2, -0.15) is 0 Å². The van der Waals surface area contributed by atoms with Gasteiger partial charge in [-0.25, -0.2) is 4.98 Å². The summed E-state index contributed by atoms with van der Waals surface area (Å²) in [6.07, 6.45) is 0. The minimum Gasteiger partial charge on any atom is -0.426 e. The van der Waals surface area contributed by atoms with Crippen molar-refractivity contribution in [3.63, 3.8) is 0 Å². The van der Waals surface area contributed by atoms with Crippen LogP contribution in [-0.4, -0.2) is 11.0 Å². The summed E-state index contributed by atoms with van der Waals surface area (Å²) in [4.78, 5) is 16.7. The van der Waals surface area contributed by atoms with Crippen LogP contribution in [0.4, 0.5) is 0 Å². The van der Waals surface area contributed by atoms with Crippen LogP contribution in [0.5, 0.6) is 5.75 Å². The maximum Gasteiger partial charge on any atom is 0.308 e. The van der Waals surface area contributed by atoms with Gasteiger partial charge < -0.3 is 4.74 Å². The summed E-state index contributed by atoms with van der Waals surface area (Å²) < 4.78 is 5.70. The van der Waals surface area contributed by atoms with Gasteiger partial charge in [0.15, 0.2) is 0 Å². The van der Waals surface area contributed by atoms with E-state index in [0.717, 1.165) is 27.7 Å². The highest BCUT2D eigenvalue weighted by Crippen LogP contribution is 2.56. The number of fused-ring (bicyclic) bond motifs is 4. The molecule has 0 amide bonds. The second-order valence-corrected chi connectivity index (χ2v) is 7.86. The number of carbonyl (C=O) groups excluding carboxylic acids is 1. The summed E-state index contributed by atoms with van der Waals surface area (Å²) >= 11 is 3.87. The molecular weight excluding hydrogens is 378 g/mol. The zero-order valence-corrected chi connectivity index (χ0v) is 15.9. The van der Waals surface area contributed by atoms with Crippen molar-refractivity contribution >= 4 is 32.8 Å². The number of nitrogens with zero attached hydrogens (tertiary/aromatic N) is 1. The average Bonchev–Trinajstić information content (AvgIpc) is 2.59. The van der Waals surface area contributed by atoms with Crippen molar-refractivity contribution < 1.29 is 9.53 Å². The number of hydrogen-bond acceptors (Lipinski definition) is 3. The fraction of sp³-hybridized carbons (Fsp3) is 0.238. The Labute approximate surface area is 155 Å². The first-order chi connectivity index (χ1) is 11.9. The quantitative estimate of drug-likeness (QED) is 0.400. The second kappa shape index (κ2) is 5.67. The fourth-order valence-electron chi connectivity index (χ4n) is 3.64. The van der Waals surface area contributed by atoms with Crippen LogP contribution >= 0.6 is 15.9 Å². The normalized spacial score (nSPS) is 17.7. The van der Waals surface area contributed by atoms with Gasteiger partial charge in [-0.15, -0.1) is 0 Å². The maximum absolute atomic E-state index is 11.8. The number of aromatic nitrogens is 1. The molecule has 1 heterocycles. The number of benzene rings is 2. The number of pyridine rings is 1. The summed E-state index contributed by atoms with van der Waals surface area (Å²) in [5.41, 5.74) is 4.82. The summed E-state index contributed by atoms with van der Waals surface area (Å²) in [7, 11) is 0. The summed E-state index contributed by atoms with van der Waals surface area (Å²) in [6, 6.07) is 16.1. The first-order valence-electron chi connectivity index (χ1n) is 8.26. The van der Waals surface area contributed by atoms with Crippen LogP contribution in [0.1, 0.15) is 36.7 Å². The molecule has 1 atom stereocenters. The molecule has 1 aromatic heterocycles. The lowest BCUT2D eigenvalue weighted by Gasteiger charge is -2.39. The van der Waals surface area contributed by atoms with Crippen molar-refractivity contribution in [1.82, 2.24) is 4.98 Å². The van der Waals surface area contributed by atoms with Crippen molar-refractivity contribution in [2.75, 3.05) is 0 Å². The zero-order chi connectivity index (χ0) is 17.8. The molecular formula is C21H18BrNO2. The van der Waals surface area contributed by atoms with Gasteiger partial charge in [-0.1, -0.05) is 66.2 Å². The fourth-order valence-corrected chi connectivity index (χ4v) is 4.31. The van der Waals surface area contributed by atoms with Gasteiger partial charge in [0.05, 0.1) is 16.0 Å². The highest BCUT2D eigenvalue weighted by molar-refractivity contribution is 9.09. The van der Waals surface area contributed by atoms with E-state index >= 15 is 0 Å². The Morgan fingerprint density at radius 1 is 1.12 bits per heavy atom. The third-order valence-electron chi connectivity index (χ3n) is 4.89. The monoisotopic (exact) mass is 395 g/mol. The molecule has 4 heteroatoms. The molecule has 4 rings (SSSR count). The number of ether oxygens (including phenoxy) is 1. The number of halogens is 1. The zero-order valence-electron chi connectivity index (χ0n) is 14.3. The molecule has 0 saturated carbocycles. The van der Waals surface area contributed by atoms with Crippen molar-refractivity contribution in [1.29, 1.82) is 0 Å². The summed E-state index contributed by atoms with van der Waals surface area (Å²) in [6.45, 7) is 5.83. The third kappa shape index (κ3) is 2.39. The van der Waals surface area contributed by atoms with Gasteiger partial charge in [0.1, 0.15) is 5.75 Å². The van der Waals surface area contributed by atoms with E-state index in [9.17, 15) is 4.79 Å². The van der Waals surface area contributed by atoms with E-state index in [-0.39, 0.29) is 16.2 Å². The number of para-hydroxylation sites is 1. The predicted molar refractivity (Wildman–Crippen MR) is 103 cm³/mol. The molecule has 1 unspecified atom stereocenters. The highest BCUT2D eigenvalue weighted by Gasteiger charge is 2.41. The van der Waals surface area contributed by atoms with E-state index in [0.29, 0.717) is 5.75 Å². The lowest BCUT2D eigenvalue weighted by atomic mass is 9.71. The van der Waals surface area contributed by atoms with Crippen LogP contribution in [0.25, 0.3) is 22.2 Å². The first-order valence-corrected chi connectivity index (χ1v) is 9.18. The van der Waals surface area contributed by atoms with Crippen LogP contribution in [0.2, 0.25) is 0 Å². The standard InChI is InChI=1S/C21H18BrNO2/c1-12(24)25-19-14-9-5-7-11-16(14)23-18-13-8-4-6-10-15(13)21(2,3)20(22)17(18)19/h4-11,20H,1-3H3. The molecule has 0 radical (unpaired) electrons. The molecule has 0 aliphatic heterocycles. The van der Waals surface area contributed by atoms with E-state index in [1.165, 1.54) is 12.5 Å². The van der Waals surface area contributed by atoms with E-state index in [2.05, 4.69) is 48.0 Å². The van der Waals surface area contributed by atoms with Crippen molar-refractivity contribution in [2.45, 2.75) is 31.0 Å². The van der Waals surface area contributed by atoms with E-state index < -0.39 is 0 Å². The summed E-state index contributed by atoms with van der Waals surface area (Å²) in [5.74, 6) is 0.285. The molecule has 0 N–H and O–H groups in total. The van der Waals surface area contributed by atoms with Gasteiger partial charge >= 0.3 is 5.97 Å². The van der Waals surface area contributed by atoms with E-state index in [1.807, 2.05) is 30.3 Å². The predicted octanol–water partition coefficient (Wildman–Crippen LogP) is 5.55. The summed E-state index contributed by atoms with van der Waals surface area (Å²) in [5, 5.41) is 0.857. The largest absolute Gasteiger partial charge is 0.426 e. The Morgan fingerprint density at radius 2 is 1.80 bits per heavy atom. The number of alkyl halides is 1. The van der Waals surface area contributed by atoms with Gasteiger partial charge in [-0.05, 0) is 17.7 Å². The molecule has 1 aliphatic carbocycles. The molecule has 1 aliphatic rings. The van der Waals surface area contributed by atoms with Crippen LogP contribution in [0.15, 0.2) is 48.5 Å². The molecule has 0 spiro atoms. The van der Waals surface area contributed by atoms with Gasteiger partial charge in [0, 0.05) is 28.9 Å². The van der Waals surface area contributed by atoms with Crippen molar-refractivity contribution in [2.24, 2.45) is 0 Å². The second-order valence-electron chi connectivity index (χ2n) is 6.94. The van der Waals surface area contributed by atoms with Gasteiger partial charge in [-0.3, -0.25) is 4.79 Å². The Balaban J connectivity index is 2.16. The minimum atomic E-state index is -0.324. The van der Waals surface area contributed by atoms with Gasteiger partial charge in [0.25, 0.3) is 0 Å². The third-order valence-corrected chi connectivity index (χ3v) is 6.49. The van der Waals surface area contributed by atoms with Crippen molar-refractivity contribution in [3.05, 3.63) is 59.7 Å². The molecule has 3 nitrogen and oxygen atoms in total. The Bertz CT molecular complexity index is 1010. The van der Waals surface area contributed by atoms with Crippen LogP contribution in [0.3, 0.4) is 0 Å². The molecule has 0 fully saturated rings. The Hall–Kier alpha value is -2.20. The number of carbonyl (C=O) groups is 1. The topological polar surface area (TPSA) is 39.2 Å². The molecule has 0 bridgehead atoms. The van der Waals surface area contributed by atoms with E-state index in [1.54, 1.807) is 0 Å². The van der Waals surface area contributed by atoms with Gasteiger partial charge in [0.2, 0.25) is 0 Å². The lowest BCUT2D eigenvalue weighted by Crippen LogP contribution is -2.29.